The van der Waals surface area contributed by atoms with Crippen LogP contribution in [0.1, 0.15) is 27.7 Å². The average molecular weight is 233 g/mol. The van der Waals surface area contributed by atoms with Gasteiger partial charge in [0.25, 0.3) is 0 Å². The van der Waals surface area contributed by atoms with E-state index in [9.17, 15) is 4.79 Å². The number of aliphatic hydroxyl groups excluding tert-OH is 1. The second kappa shape index (κ2) is 7.99. The van der Waals surface area contributed by atoms with E-state index in [4.69, 9.17) is 5.11 Å². The predicted molar refractivity (Wildman–Crippen MR) is 66.0 cm³/mol. The van der Waals surface area contributed by atoms with Crippen LogP contribution in [0, 0.1) is 11.8 Å². The average Bonchev–Trinajstić information content (AvgIpc) is 2.21. The van der Waals surface area contributed by atoms with E-state index < -0.39 is 0 Å². The van der Waals surface area contributed by atoms with Crippen LogP contribution in [0.25, 0.3) is 0 Å². The first-order chi connectivity index (χ1) is 7.02. The van der Waals surface area contributed by atoms with Crippen molar-refractivity contribution < 1.29 is 9.90 Å². The predicted octanol–water partition coefficient (Wildman–Crippen LogP) is 1.51. The van der Waals surface area contributed by atoms with Crippen molar-refractivity contribution in [1.29, 1.82) is 0 Å². The summed E-state index contributed by atoms with van der Waals surface area (Å²) in [6.45, 7) is 8.77. The van der Waals surface area contributed by atoms with Gasteiger partial charge in [0, 0.05) is 13.2 Å². The first-order valence-electron chi connectivity index (χ1n) is 5.53. The van der Waals surface area contributed by atoms with Gasteiger partial charge in [-0.05, 0) is 17.6 Å². The molecule has 2 unspecified atom stereocenters. The molecule has 0 aliphatic rings. The molecule has 15 heavy (non-hydrogen) atoms. The molecule has 0 radical (unpaired) electrons. The molecule has 0 saturated carbocycles. The Morgan fingerprint density at radius 3 is 2.40 bits per heavy atom. The van der Waals surface area contributed by atoms with E-state index in [1.165, 1.54) is 0 Å². The fraction of sp³-hybridized carbons (Fsp3) is 0.909. The zero-order valence-electron chi connectivity index (χ0n) is 10.1. The number of carbonyl (C=O) groups is 1. The molecule has 0 bridgehead atoms. The topological polar surface area (TPSA) is 49.3 Å². The lowest BCUT2D eigenvalue weighted by molar-refractivity contribution is -0.121. The van der Waals surface area contributed by atoms with Crippen molar-refractivity contribution in [2.75, 3.05) is 18.9 Å². The second-order valence-electron chi connectivity index (χ2n) is 4.15. The number of thioether (sulfide) groups is 1. The molecule has 0 aliphatic heterocycles. The lowest BCUT2D eigenvalue weighted by atomic mass is 10.1. The molecule has 1 amide bonds. The molecule has 3 nitrogen and oxygen atoms in total. The number of carbonyl (C=O) groups excluding carboxylic acids is 1. The zero-order valence-corrected chi connectivity index (χ0v) is 10.9. The minimum absolute atomic E-state index is 0.0286. The van der Waals surface area contributed by atoms with Crippen LogP contribution in [0.15, 0.2) is 0 Å². The molecule has 0 spiro atoms. The lowest BCUT2D eigenvalue weighted by Gasteiger charge is -2.20. The smallest absolute Gasteiger partial charge is 0.233 e. The molecule has 0 aromatic carbocycles. The minimum atomic E-state index is 0.0286. The van der Waals surface area contributed by atoms with Crippen LogP contribution in [-0.2, 0) is 4.79 Å². The van der Waals surface area contributed by atoms with Gasteiger partial charge in [0.15, 0.2) is 0 Å². The Morgan fingerprint density at radius 2 is 2.00 bits per heavy atom. The van der Waals surface area contributed by atoms with E-state index in [1.807, 2.05) is 6.92 Å². The molecule has 0 fully saturated rings. The number of aliphatic hydroxyl groups is 1. The first-order valence-corrected chi connectivity index (χ1v) is 6.57. The number of hydrogen-bond acceptors (Lipinski definition) is 3. The van der Waals surface area contributed by atoms with E-state index in [2.05, 4.69) is 26.1 Å². The quantitative estimate of drug-likeness (QED) is 0.701. The molecule has 2 atom stereocenters. The molecule has 90 valence electrons. The van der Waals surface area contributed by atoms with Crippen molar-refractivity contribution in [3.05, 3.63) is 0 Å². The molecule has 4 heteroatoms. The van der Waals surface area contributed by atoms with Gasteiger partial charge in [-0.1, -0.05) is 27.7 Å². The minimum Gasteiger partial charge on any atom is -0.396 e. The van der Waals surface area contributed by atoms with Gasteiger partial charge < -0.3 is 10.4 Å². The fourth-order valence-corrected chi connectivity index (χ4v) is 2.17. The van der Waals surface area contributed by atoms with E-state index in [-0.39, 0.29) is 23.7 Å². The van der Waals surface area contributed by atoms with E-state index in [0.717, 1.165) is 5.75 Å². The van der Waals surface area contributed by atoms with E-state index in [1.54, 1.807) is 11.8 Å². The molecule has 0 heterocycles. The lowest BCUT2D eigenvalue weighted by Crippen LogP contribution is -2.38. The Hall–Kier alpha value is -0.220. The van der Waals surface area contributed by atoms with E-state index in [0.29, 0.717) is 12.5 Å². The Kier molecular flexibility index (Phi) is 7.88. The van der Waals surface area contributed by atoms with Gasteiger partial charge in [0.05, 0.1) is 5.25 Å². The van der Waals surface area contributed by atoms with Crippen molar-refractivity contribution in [2.45, 2.75) is 32.9 Å². The van der Waals surface area contributed by atoms with Gasteiger partial charge in [-0.15, -0.1) is 11.8 Å². The SMILES string of the molecule is CCSC(C(=O)NCC(C)CO)C(C)C. The van der Waals surface area contributed by atoms with Gasteiger partial charge in [0.1, 0.15) is 0 Å². The highest BCUT2D eigenvalue weighted by Crippen LogP contribution is 2.19. The van der Waals surface area contributed by atoms with Crippen LogP contribution in [0.2, 0.25) is 0 Å². The number of rotatable bonds is 7. The summed E-state index contributed by atoms with van der Waals surface area (Å²) in [5, 5.41) is 11.8. The summed E-state index contributed by atoms with van der Waals surface area (Å²) in [4.78, 5) is 11.8. The van der Waals surface area contributed by atoms with Crippen LogP contribution in [0.5, 0.6) is 0 Å². The summed E-state index contributed by atoms with van der Waals surface area (Å²) in [5.74, 6) is 1.52. The summed E-state index contributed by atoms with van der Waals surface area (Å²) in [5.41, 5.74) is 0. The highest BCUT2D eigenvalue weighted by molar-refractivity contribution is 8.00. The summed E-state index contributed by atoms with van der Waals surface area (Å²) < 4.78 is 0. The summed E-state index contributed by atoms with van der Waals surface area (Å²) in [7, 11) is 0. The van der Waals surface area contributed by atoms with Gasteiger partial charge in [-0.2, -0.15) is 0 Å². The van der Waals surface area contributed by atoms with Gasteiger partial charge in [-0.3, -0.25) is 4.79 Å². The molecule has 0 saturated heterocycles. The molecule has 0 aliphatic carbocycles. The largest absolute Gasteiger partial charge is 0.396 e. The van der Waals surface area contributed by atoms with Crippen molar-refractivity contribution >= 4 is 17.7 Å². The van der Waals surface area contributed by atoms with Crippen LogP contribution in [0.4, 0.5) is 0 Å². The van der Waals surface area contributed by atoms with Gasteiger partial charge in [0.2, 0.25) is 5.91 Å². The number of nitrogens with one attached hydrogen (secondary N) is 1. The van der Waals surface area contributed by atoms with Crippen molar-refractivity contribution in [2.24, 2.45) is 11.8 Å². The Bertz CT molecular complexity index is 185. The molecular weight excluding hydrogens is 210 g/mol. The van der Waals surface area contributed by atoms with Crippen LogP contribution < -0.4 is 5.32 Å². The van der Waals surface area contributed by atoms with Crippen molar-refractivity contribution in [3.8, 4) is 0 Å². The standard InChI is InChI=1S/C11H23NO2S/c1-5-15-10(8(2)3)11(14)12-6-9(4)7-13/h8-10,13H,5-7H2,1-4H3,(H,12,14). The molecule has 0 rings (SSSR count). The van der Waals surface area contributed by atoms with Gasteiger partial charge >= 0.3 is 0 Å². The molecule has 2 N–H and O–H groups in total. The molecular formula is C11H23NO2S. The monoisotopic (exact) mass is 233 g/mol. The third-order valence-electron chi connectivity index (χ3n) is 2.15. The third-order valence-corrected chi connectivity index (χ3v) is 3.60. The van der Waals surface area contributed by atoms with Crippen LogP contribution in [-0.4, -0.2) is 35.2 Å². The highest BCUT2D eigenvalue weighted by Gasteiger charge is 2.21. The van der Waals surface area contributed by atoms with Crippen LogP contribution in [0.3, 0.4) is 0 Å². The van der Waals surface area contributed by atoms with Crippen molar-refractivity contribution in [1.82, 2.24) is 5.32 Å². The maximum atomic E-state index is 11.8. The van der Waals surface area contributed by atoms with Crippen LogP contribution >= 0.6 is 11.8 Å². The number of amides is 1. The highest BCUT2D eigenvalue weighted by atomic mass is 32.2. The Morgan fingerprint density at radius 1 is 1.40 bits per heavy atom. The summed E-state index contributed by atoms with van der Waals surface area (Å²) >= 11 is 1.68. The number of hydrogen-bond donors (Lipinski definition) is 2. The maximum absolute atomic E-state index is 11.8. The summed E-state index contributed by atoms with van der Waals surface area (Å²) in [6.07, 6.45) is 0. The Balaban J connectivity index is 4.03. The van der Waals surface area contributed by atoms with E-state index >= 15 is 0 Å². The third kappa shape index (κ3) is 6.05. The van der Waals surface area contributed by atoms with Crippen molar-refractivity contribution in [3.63, 3.8) is 0 Å². The second-order valence-corrected chi connectivity index (χ2v) is 5.57. The molecule has 0 aromatic rings. The Labute approximate surface area is 97.0 Å². The normalized spacial score (nSPS) is 15.1. The van der Waals surface area contributed by atoms with Gasteiger partial charge in [-0.25, -0.2) is 0 Å². The summed E-state index contributed by atoms with van der Waals surface area (Å²) in [6, 6.07) is 0. The zero-order chi connectivity index (χ0) is 11.8. The fourth-order valence-electron chi connectivity index (χ4n) is 1.19. The molecule has 0 aromatic heterocycles. The first kappa shape index (κ1) is 14.8. The maximum Gasteiger partial charge on any atom is 0.233 e.